The average Bonchev–Trinajstić information content (AvgIpc) is 3.14. The second-order valence-electron chi connectivity index (χ2n) is 7.04. The molecule has 0 radical (unpaired) electrons. The predicted molar refractivity (Wildman–Crippen MR) is 94.1 cm³/mol. The molecule has 1 saturated carbocycles. The molecule has 1 aliphatic heterocycles. The fraction of sp³-hybridized carbons (Fsp3) is 0.471. The Labute approximate surface area is 150 Å². The SMILES string of the molecule is Cn1nccc1[C@H]1[C@H](Nc2ncnc3c2cnn3C)CC(=O)N1C1CC1. The quantitative estimate of drug-likeness (QED) is 0.753. The molecule has 0 aromatic carbocycles. The Morgan fingerprint density at radius 2 is 2.00 bits per heavy atom. The lowest BCUT2D eigenvalue weighted by Crippen LogP contribution is -2.35. The summed E-state index contributed by atoms with van der Waals surface area (Å²) >= 11 is 0. The van der Waals surface area contributed by atoms with E-state index < -0.39 is 0 Å². The minimum Gasteiger partial charge on any atom is -0.364 e. The molecule has 2 atom stereocenters. The van der Waals surface area contributed by atoms with Crippen LogP contribution in [0.15, 0.2) is 24.8 Å². The third kappa shape index (κ3) is 2.27. The molecule has 1 amide bonds. The molecule has 3 aromatic heterocycles. The van der Waals surface area contributed by atoms with Gasteiger partial charge >= 0.3 is 0 Å². The molecule has 9 nitrogen and oxygen atoms in total. The number of anilines is 1. The Hall–Kier alpha value is -2.97. The molecular weight excluding hydrogens is 332 g/mol. The Morgan fingerprint density at radius 1 is 1.15 bits per heavy atom. The van der Waals surface area contributed by atoms with Crippen LogP contribution in [0.4, 0.5) is 5.82 Å². The Morgan fingerprint density at radius 3 is 2.73 bits per heavy atom. The number of carbonyl (C=O) groups excluding carboxylic acids is 1. The highest BCUT2D eigenvalue weighted by Gasteiger charge is 2.48. The van der Waals surface area contributed by atoms with Crippen molar-refractivity contribution in [1.29, 1.82) is 0 Å². The van der Waals surface area contributed by atoms with E-state index in [4.69, 9.17) is 0 Å². The van der Waals surface area contributed by atoms with E-state index in [1.165, 1.54) is 6.33 Å². The summed E-state index contributed by atoms with van der Waals surface area (Å²) < 4.78 is 3.57. The normalized spacial score (nSPS) is 23.2. The van der Waals surface area contributed by atoms with Crippen LogP contribution >= 0.6 is 0 Å². The van der Waals surface area contributed by atoms with Gasteiger partial charge in [0.25, 0.3) is 0 Å². The fourth-order valence-electron chi connectivity index (χ4n) is 3.94. The standard InChI is InChI=1S/C17H20N8O/c1-23-13(5-6-20-23)15-12(7-14(26)25(15)10-3-4-10)22-16-11-8-21-24(2)17(11)19-9-18-16/h5-6,8-10,12,15H,3-4,7H2,1-2H3,(H,18,19,22)/t12-,15-/m1/s1. The number of nitrogens with zero attached hydrogens (tertiary/aromatic N) is 7. The Balaban J connectivity index is 1.54. The van der Waals surface area contributed by atoms with Crippen LogP contribution in [-0.2, 0) is 18.9 Å². The third-order valence-electron chi connectivity index (χ3n) is 5.32. The minimum absolute atomic E-state index is 0.0517. The lowest BCUT2D eigenvalue weighted by Gasteiger charge is -2.29. The molecule has 134 valence electrons. The molecule has 5 rings (SSSR count). The van der Waals surface area contributed by atoms with Crippen molar-refractivity contribution in [3.8, 4) is 0 Å². The van der Waals surface area contributed by atoms with Crippen molar-refractivity contribution >= 4 is 22.8 Å². The molecule has 1 saturated heterocycles. The first-order valence-corrected chi connectivity index (χ1v) is 8.82. The van der Waals surface area contributed by atoms with Crippen LogP contribution in [0.3, 0.4) is 0 Å². The van der Waals surface area contributed by atoms with Gasteiger partial charge < -0.3 is 10.2 Å². The predicted octanol–water partition coefficient (Wildman–Crippen LogP) is 1.01. The number of likely N-dealkylation sites (tertiary alicyclic amines) is 1. The van der Waals surface area contributed by atoms with Gasteiger partial charge in [0.15, 0.2) is 5.65 Å². The fourth-order valence-corrected chi connectivity index (χ4v) is 3.94. The van der Waals surface area contributed by atoms with Crippen LogP contribution in [0.25, 0.3) is 11.0 Å². The molecule has 3 aromatic rings. The van der Waals surface area contributed by atoms with Crippen molar-refractivity contribution in [2.24, 2.45) is 14.1 Å². The number of aromatic nitrogens is 6. The monoisotopic (exact) mass is 352 g/mol. The maximum absolute atomic E-state index is 12.7. The highest BCUT2D eigenvalue weighted by atomic mass is 16.2. The molecule has 0 spiro atoms. The summed E-state index contributed by atoms with van der Waals surface area (Å²) in [7, 11) is 3.77. The van der Waals surface area contributed by atoms with E-state index in [0.29, 0.717) is 18.3 Å². The van der Waals surface area contributed by atoms with Crippen LogP contribution in [-0.4, -0.2) is 52.4 Å². The zero-order valence-corrected chi connectivity index (χ0v) is 14.7. The van der Waals surface area contributed by atoms with Crippen LogP contribution in [0, 0.1) is 0 Å². The van der Waals surface area contributed by atoms with Crippen molar-refractivity contribution in [3.63, 3.8) is 0 Å². The van der Waals surface area contributed by atoms with Crippen LogP contribution in [0.1, 0.15) is 31.0 Å². The number of hydrogen-bond acceptors (Lipinski definition) is 6. The first-order chi connectivity index (χ1) is 12.6. The van der Waals surface area contributed by atoms with Crippen molar-refractivity contribution in [1.82, 2.24) is 34.4 Å². The zero-order valence-electron chi connectivity index (χ0n) is 14.7. The van der Waals surface area contributed by atoms with E-state index in [-0.39, 0.29) is 18.0 Å². The molecule has 26 heavy (non-hydrogen) atoms. The number of fused-ring (bicyclic) bond motifs is 1. The first-order valence-electron chi connectivity index (χ1n) is 8.82. The van der Waals surface area contributed by atoms with Gasteiger partial charge in [-0.2, -0.15) is 10.2 Å². The van der Waals surface area contributed by atoms with Gasteiger partial charge in [-0.15, -0.1) is 0 Å². The van der Waals surface area contributed by atoms with Gasteiger partial charge in [0, 0.05) is 32.8 Å². The van der Waals surface area contributed by atoms with Crippen LogP contribution in [0.2, 0.25) is 0 Å². The molecule has 1 aliphatic carbocycles. The van der Waals surface area contributed by atoms with Crippen LogP contribution < -0.4 is 5.32 Å². The number of nitrogens with one attached hydrogen (secondary N) is 1. The van der Waals surface area contributed by atoms with E-state index in [9.17, 15) is 4.79 Å². The second-order valence-corrected chi connectivity index (χ2v) is 7.04. The van der Waals surface area contributed by atoms with E-state index in [1.807, 2.05) is 29.7 Å². The summed E-state index contributed by atoms with van der Waals surface area (Å²) in [6.45, 7) is 0. The number of carbonyl (C=O) groups is 1. The highest BCUT2D eigenvalue weighted by Crippen LogP contribution is 2.42. The van der Waals surface area contributed by atoms with Crippen molar-refractivity contribution in [2.45, 2.75) is 37.4 Å². The van der Waals surface area contributed by atoms with Crippen molar-refractivity contribution < 1.29 is 4.79 Å². The summed E-state index contributed by atoms with van der Waals surface area (Å²) in [6, 6.07) is 2.21. The van der Waals surface area contributed by atoms with Gasteiger partial charge in [-0.05, 0) is 18.9 Å². The molecule has 0 unspecified atom stereocenters. The molecule has 1 N–H and O–H groups in total. The van der Waals surface area contributed by atoms with Gasteiger partial charge in [0.2, 0.25) is 5.91 Å². The number of amides is 1. The summed E-state index contributed by atoms with van der Waals surface area (Å²) in [5, 5.41) is 12.9. The zero-order chi connectivity index (χ0) is 17.8. The molecular formula is C17H20N8O. The first kappa shape index (κ1) is 15.3. The third-order valence-corrected chi connectivity index (χ3v) is 5.32. The van der Waals surface area contributed by atoms with E-state index in [0.717, 1.165) is 29.6 Å². The number of hydrogen-bond donors (Lipinski definition) is 1. The van der Waals surface area contributed by atoms with E-state index >= 15 is 0 Å². The van der Waals surface area contributed by atoms with Gasteiger partial charge in [-0.1, -0.05) is 0 Å². The summed E-state index contributed by atoms with van der Waals surface area (Å²) in [5.74, 6) is 0.901. The molecule has 0 bridgehead atoms. The van der Waals surface area contributed by atoms with Crippen LogP contribution in [0.5, 0.6) is 0 Å². The largest absolute Gasteiger partial charge is 0.364 e. The average molecular weight is 352 g/mol. The van der Waals surface area contributed by atoms with Gasteiger partial charge in [0.05, 0.1) is 29.4 Å². The molecule has 4 heterocycles. The van der Waals surface area contributed by atoms with E-state index in [2.05, 4.69) is 25.5 Å². The number of rotatable bonds is 4. The topological polar surface area (TPSA) is 93.8 Å². The smallest absolute Gasteiger partial charge is 0.225 e. The number of aryl methyl sites for hydroxylation is 2. The maximum Gasteiger partial charge on any atom is 0.225 e. The summed E-state index contributed by atoms with van der Waals surface area (Å²) in [6.07, 6.45) is 7.66. The Bertz CT molecular complexity index is 988. The lowest BCUT2D eigenvalue weighted by molar-refractivity contribution is -0.129. The van der Waals surface area contributed by atoms with Gasteiger partial charge in [0.1, 0.15) is 12.1 Å². The minimum atomic E-state index is -0.0724. The summed E-state index contributed by atoms with van der Waals surface area (Å²) in [5.41, 5.74) is 1.81. The van der Waals surface area contributed by atoms with Crippen molar-refractivity contribution in [2.75, 3.05) is 5.32 Å². The van der Waals surface area contributed by atoms with E-state index in [1.54, 1.807) is 17.1 Å². The molecule has 2 aliphatic rings. The van der Waals surface area contributed by atoms with Gasteiger partial charge in [-0.25, -0.2) is 9.97 Å². The molecule has 2 fully saturated rings. The second kappa shape index (κ2) is 5.52. The maximum atomic E-state index is 12.7. The van der Waals surface area contributed by atoms with Crippen molar-refractivity contribution in [3.05, 3.63) is 30.5 Å². The Kier molecular flexibility index (Phi) is 3.25. The highest BCUT2D eigenvalue weighted by molar-refractivity contribution is 5.87. The summed E-state index contributed by atoms with van der Waals surface area (Å²) in [4.78, 5) is 23.5. The van der Waals surface area contributed by atoms with Gasteiger partial charge in [-0.3, -0.25) is 14.2 Å². The lowest BCUT2D eigenvalue weighted by atomic mass is 10.1. The molecule has 9 heteroatoms.